The van der Waals surface area contributed by atoms with Crippen LogP contribution in [0.1, 0.15) is 15.9 Å². The van der Waals surface area contributed by atoms with E-state index in [-0.39, 0.29) is 39.4 Å². The molecule has 1 heterocycles. The number of nitrogen functional groups attached to an aromatic ring is 1. The zero-order chi connectivity index (χ0) is 16.3. The second kappa shape index (κ2) is 6.80. The fourth-order valence-electron chi connectivity index (χ4n) is 1.68. The van der Waals surface area contributed by atoms with Gasteiger partial charge in [-0.1, -0.05) is 11.6 Å². The second-order valence-electron chi connectivity index (χ2n) is 4.05. The van der Waals surface area contributed by atoms with Crippen molar-refractivity contribution in [2.45, 2.75) is 6.61 Å². The van der Waals surface area contributed by atoms with Crippen molar-refractivity contribution in [2.75, 3.05) is 20.0 Å². The van der Waals surface area contributed by atoms with Crippen LogP contribution in [-0.2, 0) is 11.3 Å². The molecule has 0 bridgehead atoms. The van der Waals surface area contributed by atoms with Gasteiger partial charge in [0.15, 0.2) is 17.1 Å². The molecule has 0 radical (unpaired) electrons. The number of carbonyl (C=O) groups is 1. The minimum atomic E-state index is -0.682. The number of esters is 1. The predicted octanol–water partition coefficient (Wildman–Crippen LogP) is 2.89. The van der Waals surface area contributed by atoms with Crippen molar-refractivity contribution in [3.63, 3.8) is 0 Å². The molecule has 2 aromatic rings. The predicted molar refractivity (Wildman–Crippen MR) is 80.2 cm³/mol. The topological polar surface area (TPSA) is 83.7 Å². The number of nitrogens with two attached hydrogens (primary N) is 1. The number of carbonyl (C=O) groups excluding carboxylic acids is 1. The fraction of sp³-hybridized carbons (Fsp3) is 0.231. The van der Waals surface area contributed by atoms with E-state index < -0.39 is 11.8 Å². The lowest BCUT2D eigenvalue weighted by atomic mass is 10.2. The van der Waals surface area contributed by atoms with Gasteiger partial charge in [0.05, 0.1) is 19.2 Å². The molecule has 0 saturated heterocycles. The van der Waals surface area contributed by atoms with Crippen LogP contribution in [0, 0.1) is 5.82 Å². The molecule has 0 aliphatic heterocycles. The first-order valence-electron chi connectivity index (χ1n) is 5.96. The molecule has 0 amide bonds. The molecule has 2 N–H and O–H groups in total. The molecule has 1 aromatic heterocycles. The van der Waals surface area contributed by atoms with Crippen LogP contribution in [0.2, 0.25) is 5.02 Å². The van der Waals surface area contributed by atoms with E-state index in [4.69, 9.17) is 26.8 Å². The SMILES string of the molecule is COC(=O)c1c(OCc2c(Cl)ccc(OC)c2F)nsc1N. The Labute approximate surface area is 134 Å². The minimum absolute atomic E-state index is 0.00641. The van der Waals surface area contributed by atoms with Crippen molar-refractivity contribution >= 4 is 34.1 Å². The third-order valence-corrected chi connectivity index (χ3v) is 3.81. The first kappa shape index (κ1) is 16.3. The van der Waals surface area contributed by atoms with Crippen molar-refractivity contribution in [3.05, 3.63) is 34.1 Å². The fourth-order valence-corrected chi connectivity index (χ4v) is 2.47. The Hall–Kier alpha value is -2.06. The minimum Gasteiger partial charge on any atom is -0.494 e. The van der Waals surface area contributed by atoms with Crippen LogP contribution in [0.25, 0.3) is 0 Å². The number of benzene rings is 1. The van der Waals surface area contributed by atoms with Crippen molar-refractivity contribution in [1.82, 2.24) is 4.37 Å². The van der Waals surface area contributed by atoms with E-state index in [1.807, 2.05) is 0 Å². The summed E-state index contributed by atoms with van der Waals surface area (Å²) in [7, 11) is 2.55. The maximum absolute atomic E-state index is 14.1. The average molecular weight is 347 g/mol. The number of nitrogens with zero attached hydrogens (tertiary/aromatic N) is 1. The highest BCUT2D eigenvalue weighted by atomic mass is 35.5. The molecular weight excluding hydrogens is 335 g/mol. The molecule has 6 nitrogen and oxygen atoms in total. The normalized spacial score (nSPS) is 10.4. The van der Waals surface area contributed by atoms with Crippen LogP contribution in [0.5, 0.6) is 11.6 Å². The summed E-state index contributed by atoms with van der Waals surface area (Å²) < 4.78 is 32.9. The number of hydrogen-bond donors (Lipinski definition) is 1. The molecule has 9 heteroatoms. The highest BCUT2D eigenvalue weighted by Crippen LogP contribution is 2.31. The molecule has 118 valence electrons. The van der Waals surface area contributed by atoms with Gasteiger partial charge in [0.1, 0.15) is 11.6 Å². The summed E-state index contributed by atoms with van der Waals surface area (Å²) in [5.74, 6) is -1.32. The molecule has 2 rings (SSSR count). The molecule has 1 aromatic carbocycles. The maximum Gasteiger partial charge on any atom is 0.346 e. The number of aromatic nitrogens is 1. The molecule has 0 aliphatic carbocycles. The van der Waals surface area contributed by atoms with Gasteiger partial charge in [0, 0.05) is 5.56 Å². The zero-order valence-electron chi connectivity index (χ0n) is 11.7. The third kappa shape index (κ3) is 3.07. The summed E-state index contributed by atoms with van der Waals surface area (Å²) in [6.07, 6.45) is 0. The smallest absolute Gasteiger partial charge is 0.346 e. The van der Waals surface area contributed by atoms with Crippen LogP contribution < -0.4 is 15.2 Å². The Morgan fingerprint density at radius 3 is 2.82 bits per heavy atom. The zero-order valence-corrected chi connectivity index (χ0v) is 13.3. The lowest BCUT2D eigenvalue weighted by Crippen LogP contribution is -2.08. The van der Waals surface area contributed by atoms with E-state index >= 15 is 0 Å². The Balaban J connectivity index is 2.27. The molecule has 0 atom stereocenters. The van der Waals surface area contributed by atoms with E-state index in [1.165, 1.54) is 26.4 Å². The van der Waals surface area contributed by atoms with Gasteiger partial charge in [-0.05, 0) is 23.7 Å². The Morgan fingerprint density at radius 2 is 2.18 bits per heavy atom. The standard InChI is InChI=1S/C13H12ClFN2O4S/c1-19-8-4-3-7(14)6(10(8)15)5-21-12-9(13(18)20-2)11(16)22-17-12/h3-4H,5,16H2,1-2H3. The van der Waals surface area contributed by atoms with Crippen LogP contribution in [0.3, 0.4) is 0 Å². The molecular formula is C13H12ClFN2O4S. The van der Waals surface area contributed by atoms with E-state index in [2.05, 4.69) is 9.11 Å². The highest BCUT2D eigenvalue weighted by Gasteiger charge is 2.22. The van der Waals surface area contributed by atoms with Gasteiger partial charge in [-0.3, -0.25) is 0 Å². The molecule has 22 heavy (non-hydrogen) atoms. The average Bonchev–Trinajstić information content (AvgIpc) is 2.87. The Bertz CT molecular complexity index is 708. The van der Waals surface area contributed by atoms with Crippen molar-refractivity contribution < 1.29 is 23.4 Å². The first-order chi connectivity index (χ1) is 10.5. The Kier molecular flexibility index (Phi) is 5.04. The van der Waals surface area contributed by atoms with Crippen LogP contribution in [-0.4, -0.2) is 24.6 Å². The quantitative estimate of drug-likeness (QED) is 0.838. The summed E-state index contributed by atoms with van der Waals surface area (Å²) in [6, 6.07) is 2.89. The van der Waals surface area contributed by atoms with Crippen molar-refractivity contribution in [2.24, 2.45) is 0 Å². The summed E-state index contributed by atoms with van der Waals surface area (Å²) in [6.45, 7) is -0.241. The van der Waals surface area contributed by atoms with E-state index in [9.17, 15) is 9.18 Å². The van der Waals surface area contributed by atoms with Gasteiger partial charge >= 0.3 is 5.97 Å². The van der Waals surface area contributed by atoms with Gasteiger partial charge in [-0.25, -0.2) is 9.18 Å². The van der Waals surface area contributed by atoms with Gasteiger partial charge in [0.25, 0.3) is 0 Å². The van der Waals surface area contributed by atoms with E-state index in [0.717, 1.165) is 11.5 Å². The van der Waals surface area contributed by atoms with Gasteiger partial charge in [0.2, 0.25) is 5.88 Å². The molecule has 0 fully saturated rings. The number of ether oxygens (including phenoxy) is 3. The number of anilines is 1. The molecule has 0 aliphatic rings. The summed E-state index contributed by atoms with van der Waals surface area (Å²) in [5.41, 5.74) is 5.74. The van der Waals surface area contributed by atoms with E-state index in [0.29, 0.717) is 0 Å². The number of halogens is 2. The van der Waals surface area contributed by atoms with Gasteiger partial charge in [-0.15, -0.1) is 0 Å². The molecule has 0 spiro atoms. The van der Waals surface area contributed by atoms with Crippen LogP contribution in [0.4, 0.5) is 9.39 Å². The number of methoxy groups -OCH3 is 2. The second-order valence-corrected chi connectivity index (χ2v) is 5.26. The van der Waals surface area contributed by atoms with Gasteiger partial charge < -0.3 is 19.9 Å². The number of rotatable bonds is 5. The lowest BCUT2D eigenvalue weighted by Gasteiger charge is -2.10. The van der Waals surface area contributed by atoms with Crippen molar-refractivity contribution in [3.8, 4) is 11.6 Å². The Morgan fingerprint density at radius 1 is 1.45 bits per heavy atom. The highest BCUT2D eigenvalue weighted by molar-refractivity contribution is 7.10. The molecule has 0 unspecified atom stereocenters. The summed E-state index contributed by atoms with van der Waals surface area (Å²) >= 11 is 6.83. The van der Waals surface area contributed by atoms with Gasteiger partial charge in [-0.2, -0.15) is 4.37 Å². The monoisotopic (exact) mass is 346 g/mol. The maximum atomic E-state index is 14.1. The van der Waals surface area contributed by atoms with Crippen LogP contribution in [0.15, 0.2) is 12.1 Å². The lowest BCUT2D eigenvalue weighted by molar-refractivity contribution is 0.0597. The number of hydrogen-bond acceptors (Lipinski definition) is 7. The van der Waals surface area contributed by atoms with Crippen molar-refractivity contribution in [1.29, 1.82) is 0 Å². The van der Waals surface area contributed by atoms with Crippen LogP contribution >= 0.6 is 23.1 Å². The van der Waals surface area contributed by atoms with E-state index in [1.54, 1.807) is 0 Å². The largest absolute Gasteiger partial charge is 0.494 e. The first-order valence-corrected chi connectivity index (χ1v) is 7.11. The summed E-state index contributed by atoms with van der Waals surface area (Å²) in [5, 5.41) is 0.320. The molecule has 0 saturated carbocycles. The third-order valence-electron chi connectivity index (χ3n) is 2.80. The summed E-state index contributed by atoms with van der Waals surface area (Å²) in [4.78, 5) is 11.6.